The summed E-state index contributed by atoms with van der Waals surface area (Å²) in [5.74, 6) is 0. The quantitative estimate of drug-likeness (QED) is 0.303. The van der Waals surface area contributed by atoms with Gasteiger partial charge in [0.2, 0.25) is 0 Å². The Balaban J connectivity index is -0.000000249. The maximum atomic E-state index is 5.13. The standard InChI is InChI=1S/C5H11PS4.C3H9P.Ni/c1-6(2,3)4(7)10-5(8)9;1-4(2)3;/h7H,1-3H3,(H,8,9);1-3H3;/q;;+3/p-1. The molecular weight excluding hydrogens is 345 g/mol. The van der Waals surface area contributed by atoms with Crippen molar-refractivity contribution in [1.29, 1.82) is 0 Å². The van der Waals surface area contributed by atoms with Gasteiger partial charge in [-0.1, -0.05) is 3.53 Å². The maximum Gasteiger partial charge on any atom is 3.00 e. The van der Waals surface area contributed by atoms with Gasteiger partial charge in [-0.2, -0.15) is 3.96 Å². The molecule has 0 rings (SSSR count). The van der Waals surface area contributed by atoms with E-state index < -0.39 is 6.89 Å². The van der Waals surface area contributed by atoms with Crippen LogP contribution in [-0.2, 0) is 41.7 Å². The molecule has 0 saturated carbocycles. The van der Waals surface area contributed by atoms with Gasteiger partial charge in [-0.15, -0.1) is 18.6 Å². The fourth-order valence-electron chi connectivity index (χ4n) is 0.208. The third kappa shape index (κ3) is 22.0. The summed E-state index contributed by atoms with van der Waals surface area (Å²) in [4.78, 5) is 0. The number of thiocarbonyl (C=S) groups is 1. The van der Waals surface area contributed by atoms with Crippen LogP contribution in [0.15, 0.2) is 0 Å². The van der Waals surface area contributed by atoms with E-state index in [1.54, 1.807) is 0 Å². The van der Waals surface area contributed by atoms with Crippen molar-refractivity contribution < 1.29 is 16.5 Å². The monoisotopic (exact) mass is 363 g/mol. The zero-order chi connectivity index (χ0) is 11.9. The molecule has 0 aliphatic heterocycles. The molecule has 1 radical (unpaired) electrons. The molecule has 0 atom stereocenters. The summed E-state index contributed by atoms with van der Waals surface area (Å²) in [5.41, 5.74) is 0. The van der Waals surface area contributed by atoms with E-state index in [1.807, 2.05) is 0 Å². The van der Waals surface area contributed by atoms with Crippen LogP contribution < -0.4 is 0 Å². The molecular formula is C8H19NiP2S4+2. The SMILES string of the molecule is CP(C)(C)=C([S-])SC(=S)[S-].C[PH+](C)C.[Ni+3]. The Labute approximate surface area is 127 Å². The zero-order valence-electron chi connectivity index (χ0n) is 9.90. The molecule has 0 fully saturated rings. The van der Waals surface area contributed by atoms with E-state index in [0.717, 1.165) is 3.96 Å². The first-order valence-electron chi connectivity index (χ1n) is 4.09. The van der Waals surface area contributed by atoms with Crippen LogP contribution in [0.2, 0.25) is 0 Å². The topological polar surface area (TPSA) is 0 Å². The van der Waals surface area contributed by atoms with Crippen molar-refractivity contribution in [3.05, 3.63) is 0 Å². The maximum absolute atomic E-state index is 5.13. The molecule has 0 amide bonds. The predicted molar refractivity (Wildman–Crippen MR) is 90.7 cm³/mol. The first kappa shape index (κ1) is 22.4. The molecule has 15 heavy (non-hydrogen) atoms. The van der Waals surface area contributed by atoms with E-state index in [1.165, 1.54) is 11.8 Å². The number of hydrogen-bond donors (Lipinski definition) is 0. The van der Waals surface area contributed by atoms with E-state index in [9.17, 15) is 0 Å². The Bertz CT molecular complexity index is 224. The summed E-state index contributed by atoms with van der Waals surface area (Å²) in [6.07, 6.45) is 0. The van der Waals surface area contributed by atoms with Crippen LogP contribution in [0.5, 0.6) is 0 Å². The van der Waals surface area contributed by atoms with Crippen molar-refractivity contribution in [2.75, 3.05) is 40.0 Å². The summed E-state index contributed by atoms with van der Waals surface area (Å²) >= 11 is 16.0. The van der Waals surface area contributed by atoms with Crippen LogP contribution in [0.1, 0.15) is 0 Å². The van der Waals surface area contributed by atoms with E-state index in [0.29, 0.717) is 3.53 Å². The van der Waals surface area contributed by atoms with Crippen molar-refractivity contribution in [3.8, 4) is 0 Å². The molecule has 0 aromatic heterocycles. The van der Waals surface area contributed by atoms with Crippen LogP contribution in [0.4, 0.5) is 0 Å². The predicted octanol–water partition coefficient (Wildman–Crippen LogP) is 3.18. The Morgan fingerprint density at radius 3 is 1.47 bits per heavy atom. The van der Waals surface area contributed by atoms with Gasteiger partial charge in [0.15, 0.2) is 0 Å². The summed E-state index contributed by atoms with van der Waals surface area (Å²) < 4.78 is 1.49. The molecule has 93 valence electrons. The second-order valence-electron chi connectivity index (χ2n) is 4.13. The Morgan fingerprint density at radius 1 is 1.13 bits per heavy atom. The van der Waals surface area contributed by atoms with Gasteiger partial charge in [0.1, 0.15) is 0 Å². The van der Waals surface area contributed by atoms with Gasteiger partial charge in [0.25, 0.3) is 0 Å². The van der Waals surface area contributed by atoms with E-state index in [4.69, 9.17) is 37.5 Å². The summed E-state index contributed by atoms with van der Waals surface area (Å²) in [7, 11) is 0.120. The van der Waals surface area contributed by atoms with Gasteiger partial charge >= 0.3 is 16.5 Å². The molecule has 0 aliphatic carbocycles. The number of hydrogen-bond acceptors (Lipinski definition) is 4. The first-order chi connectivity index (χ1) is 6.07. The van der Waals surface area contributed by atoms with Gasteiger partial charge < -0.3 is 37.5 Å². The Hall–Kier alpha value is 2.23. The number of thioether (sulfide) groups is 1. The molecule has 0 bridgehead atoms. The van der Waals surface area contributed by atoms with Gasteiger partial charge in [0.05, 0.1) is 0 Å². The second-order valence-corrected chi connectivity index (χ2v) is 15.5. The number of rotatable bonds is 1. The molecule has 7 heteroatoms. The van der Waals surface area contributed by atoms with Crippen LogP contribution >= 0.6 is 38.8 Å². The third-order valence-electron chi connectivity index (χ3n) is 0.718. The van der Waals surface area contributed by atoms with Crippen LogP contribution in [0.3, 0.4) is 0 Å². The van der Waals surface area contributed by atoms with Crippen molar-refractivity contribution in [3.63, 3.8) is 0 Å². The van der Waals surface area contributed by atoms with Crippen molar-refractivity contribution in [1.82, 2.24) is 0 Å². The van der Waals surface area contributed by atoms with E-state index in [2.05, 4.69) is 40.0 Å². The van der Waals surface area contributed by atoms with Crippen molar-refractivity contribution in [2.24, 2.45) is 0 Å². The van der Waals surface area contributed by atoms with Gasteiger partial charge in [-0.3, -0.25) is 0 Å². The minimum atomic E-state index is -1.02. The molecule has 0 aromatic rings. The van der Waals surface area contributed by atoms with E-state index >= 15 is 0 Å². The third-order valence-corrected chi connectivity index (χ3v) is 6.47. The van der Waals surface area contributed by atoms with Gasteiger partial charge in [-0.25, -0.2) is 0 Å². The molecule has 0 unspecified atom stereocenters. The minimum Gasteiger partial charge on any atom is -0.749 e. The van der Waals surface area contributed by atoms with Gasteiger partial charge in [-0.05, 0) is 27.9 Å². The summed E-state index contributed by atoms with van der Waals surface area (Å²) in [6, 6.07) is 0. The first-order valence-corrected chi connectivity index (χ1v) is 12.3. The molecule has 0 heterocycles. The molecule has 0 aliphatic rings. The Kier molecular flexibility index (Phi) is 16.9. The second kappa shape index (κ2) is 11.3. The molecule has 0 N–H and O–H groups in total. The van der Waals surface area contributed by atoms with Crippen molar-refractivity contribution >= 4 is 71.5 Å². The van der Waals surface area contributed by atoms with Crippen LogP contribution in [0, 0.1) is 0 Å². The van der Waals surface area contributed by atoms with Crippen LogP contribution in [0.25, 0.3) is 0 Å². The van der Waals surface area contributed by atoms with Crippen LogP contribution in [-0.4, -0.2) is 47.5 Å². The molecule has 0 spiro atoms. The zero-order valence-corrected chi connectivity index (χ0v) is 16.0. The minimum absolute atomic E-state index is 0. The molecule has 0 nitrogen and oxygen atoms in total. The smallest absolute Gasteiger partial charge is 0.749 e. The summed E-state index contributed by atoms with van der Waals surface area (Å²) in [5, 5.41) is 0. The Morgan fingerprint density at radius 2 is 1.40 bits per heavy atom. The van der Waals surface area contributed by atoms with Crippen molar-refractivity contribution in [2.45, 2.75) is 0 Å². The average molecular weight is 364 g/mol. The average Bonchev–Trinajstić information content (AvgIpc) is 1.81. The molecule has 0 saturated heterocycles. The fraction of sp³-hybridized carbons (Fsp3) is 0.750. The van der Waals surface area contributed by atoms with Gasteiger partial charge in [0, 0.05) is 20.0 Å². The normalized spacial score (nSPS) is 9.87. The van der Waals surface area contributed by atoms with E-state index in [-0.39, 0.29) is 24.4 Å². The largest absolute Gasteiger partial charge is 3.00 e. The fourth-order valence-corrected chi connectivity index (χ4v) is 3.16. The molecule has 0 aromatic carbocycles. The summed E-state index contributed by atoms with van der Waals surface area (Å²) in [6.45, 7) is 12.3.